The monoisotopic (exact) mass is 270 g/mol. The smallest absolute Gasteiger partial charge is 0.233 e. The quantitative estimate of drug-likeness (QED) is 0.685. The van der Waals surface area contributed by atoms with Gasteiger partial charge in [0.25, 0.3) is 0 Å². The summed E-state index contributed by atoms with van der Waals surface area (Å²) in [6.45, 7) is 5.72. The van der Waals surface area contributed by atoms with E-state index in [1.165, 1.54) is 16.7 Å². The van der Waals surface area contributed by atoms with E-state index in [2.05, 4.69) is 17.2 Å². The Balaban J connectivity index is 1.83. The largest absolute Gasteiger partial charge is 0.334 e. The third-order valence-electron chi connectivity index (χ3n) is 3.35. The molecule has 0 atom stereocenters. The Labute approximate surface area is 111 Å². The van der Waals surface area contributed by atoms with Gasteiger partial charge in [-0.1, -0.05) is 11.8 Å². The van der Waals surface area contributed by atoms with Crippen LogP contribution in [0.15, 0.2) is 5.16 Å². The summed E-state index contributed by atoms with van der Waals surface area (Å²) in [5.41, 5.74) is 0. The molecule has 0 spiro atoms. The number of likely N-dealkylation sites (N-methyl/N-ethyl adjacent to an activating group) is 1. The minimum Gasteiger partial charge on any atom is -0.334 e. The predicted molar refractivity (Wildman–Crippen MR) is 69.7 cm³/mol. The lowest BCUT2D eigenvalue weighted by Gasteiger charge is -2.29. The lowest BCUT2D eigenvalue weighted by molar-refractivity contribution is -0.883. The molecule has 0 unspecified atom stereocenters. The van der Waals surface area contributed by atoms with Crippen molar-refractivity contribution in [3.63, 3.8) is 0 Å². The summed E-state index contributed by atoms with van der Waals surface area (Å²) in [6, 6.07) is 0. The number of hydrogen-bond acceptors (Lipinski definition) is 4. The van der Waals surface area contributed by atoms with E-state index in [-0.39, 0.29) is 5.91 Å². The molecule has 0 aliphatic carbocycles. The number of aromatic nitrogens is 3. The average Bonchev–Trinajstić information content (AvgIpc) is 2.68. The number of nitrogens with zero attached hydrogens (tertiary/aromatic N) is 4. The van der Waals surface area contributed by atoms with E-state index in [0.717, 1.165) is 37.2 Å². The molecule has 1 aliphatic rings. The third kappa shape index (κ3) is 3.02. The van der Waals surface area contributed by atoms with Crippen LogP contribution in [0.5, 0.6) is 0 Å². The van der Waals surface area contributed by atoms with Gasteiger partial charge in [0.05, 0.1) is 39.0 Å². The molecule has 2 rings (SSSR count). The van der Waals surface area contributed by atoms with Crippen LogP contribution in [0.25, 0.3) is 0 Å². The van der Waals surface area contributed by atoms with E-state index in [4.69, 9.17) is 0 Å². The first kappa shape index (κ1) is 13.4. The Morgan fingerprint density at radius 1 is 1.39 bits per heavy atom. The van der Waals surface area contributed by atoms with Crippen LogP contribution in [0.4, 0.5) is 0 Å². The summed E-state index contributed by atoms with van der Waals surface area (Å²) < 4.78 is 1.91. The highest BCUT2D eigenvalue weighted by molar-refractivity contribution is 7.99. The van der Waals surface area contributed by atoms with Crippen LogP contribution in [-0.2, 0) is 11.8 Å². The Hall–Kier alpha value is -1.08. The van der Waals surface area contributed by atoms with E-state index >= 15 is 0 Å². The fourth-order valence-electron chi connectivity index (χ4n) is 1.87. The first-order valence-corrected chi connectivity index (χ1v) is 7.14. The van der Waals surface area contributed by atoms with Crippen molar-refractivity contribution >= 4 is 17.7 Å². The van der Waals surface area contributed by atoms with Gasteiger partial charge in [-0.2, -0.15) is 0 Å². The summed E-state index contributed by atoms with van der Waals surface area (Å²) in [7, 11) is 4.08. The number of piperazine rings is 1. The summed E-state index contributed by atoms with van der Waals surface area (Å²) >= 11 is 1.46. The Bertz CT molecular complexity index is 425. The first-order valence-electron chi connectivity index (χ1n) is 6.16. The van der Waals surface area contributed by atoms with Gasteiger partial charge in [0.2, 0.25) is 5.91 Å². The van der Waals surface area contributed by atoms with Crippen molar-refractivity contribution in [2.45, 2.75) is 12.1 Å². The van der Waals surface area contributed by atoms with Crippen molar-refractivity contribution in [3.8, 4) is 0 Å². The van der Waals surface area contributed by atoms with Crippen LogP contribution in [0.3, 0.4) is 0 Å². The second-order valence-electron chi connectivity index (χ2n) is 4.72. The number of quaternary nitrogens is 1. The van der Waals surface area contributed by atoms with Crippen LogP contribution < -0.4 is 4.90 Å². The lowest BCUT2D eigenvalue weighted by atomic mass is 10.3. The van der Waals surface area contributed by atoms with Crippen molar-refractivity contribution in [1.29, 1.82) is 0 Å². The second kappa shape index (κ2) is 5.71. The number of amides is 1. The molecule has 1 aromatic rings. The van der Waals surface area contributed by atoms with Crippen LogP contribution >= 0.6 is 11.8 Å². The minimum atomic E-state index is 0.202. The fraction of sp³-hybridized carbons (Fsp3) is 0.727. The number of thioether (sulfide) groups is 1. The van der Waals surface area contributed by atoms with Crippen LogP contribution in [0.2, 0.25) is 0 Å². The molecular formula is C11H20N5OS+. The lowest BCUT2D eigenvalue weighted by Crippen LogP contribution is -3.12. The predicted octanol–water partition coefficient (Wildman–Crippen LogP) is -1.43. The molecule has 1 fully saturated rings. The Morgan fingerprint density at radius 3 is 2.61 bits per heavy atom. The second-order valence-corrected chi connectivity index (χ2v) is 5.66. The van der Waals surface area contributed by atoms with Gasteiger partial charge in [-0.05, 0) is 6.92 Å². The van der Waals surface area contributed by atoms with Gasteiger partial charge in [0.1, 0.15) is 5.82 Å². The molecule has 1 aliphatic heterocycles. The van der Waals surface area contributed by atoms with Gasteiger partial charge >= 0.3 is 0 Å². The normalized spacial score (nSPS) is 17.2. The molecule has 1 N–H and O–H groups in total. The molecule has 7 heteroatoms. The number of carbonyl (C=O) groups excluding carboxylic acids is 1. The van der Waals surface area contributed by atoms with Crippen molar-refractivity contribution in [1.82, 2.24) is 19.7 Å². The summed E-state index contributed by atoms with van der Waals surface area (Å²) in [5.74, 6) is 1.52. The highest BCUT2D eigenvalue weighted by Gasteiger charge is 2.21. The molecular weight excluding hydrogens is 250 g/mol. The van der Waals surface area contributed by atoms with E-state index in [9.17, 15) is 4.79 Å². The highest BCUT2D eigenvalue weighted by Crippen LogP contribution is 2.15. The van der Waals surface area contributed by atoms with Crippen molar-refractivity contribution < 1.29 is 9.69 Å². The van der Waals surface area contributed by atoms with Crippen molar-refractivity contribution in [2.24, 2.45) is 7.05 Å². The van der Waals surface area contributed by atoms with Gasteiger partial charge < -0.3 is 14.4 Å². The van der Waals surface area contributed by atoms with Gasteiger partial charge in [-0.25, -0.2) is 0 Å². The van der Waals surface area contributed by atoms with E-state index in [0.29, 0.717) is 5.75 Å². The molecule has 18 heavy (non-hydrogen) atoms. The van der Waals surface area contributed by atoms with Crippen LogP contribution in [-0.4, -0.2) is 64.6 Å². The summed E-state index contributed by atoms with van der Waals surface area (Å²) in [4.78, 5) is 15.5. The Kier molecular flexibility index (Phi) is 4.23. The molecule has 1 aromatic heterocycles. The maximum Gasteiger partial charge on any atom is 0.233 e. The zero-order chi connectivity index (χ0) is 13.1. The molecule has 1 amide bonds. The summed E-state index contributed by atoms with van der Waals surface area (Å²) in [6.07, 6.45) is 0. The summed E-state index contributed by atoms with van der Waals surface area (Å²) in [5, 5.41) is 8.83. The maximum atomic E-state index is 12.0. The van der Waals surface area contributed by atoms with Gasteiger partial charge in [-0.15, -0.1) is 10.2 Å². The molecule has 0 bridgehead atoms. The molecule has 100 valence electrons. The maximum absolute atomic E-state index is 12.0. The molecule has 0 saturated carbocycles. The van der Waals surface area contributed by atoms with Crippen LogP contribution in [0.1, 0.15) is 5.82 Å². The number of rotatable bonds is 3. The molecule has 0 aromatic carbocycles. The topological polar surface area (TPSA) is 55.5 Å². The zero-order valence-electron chi connectivity index (χ0n) is 11.1. The van der Waals surface area contributed by atoms with E-state index < -0.39 is 0 Å². The van der Waals surface area contributed by atoms with E-state index in [1.54, 1.807) is 0 Å². The Morgan fingerprint density at radius 2 is 2.06 bits per heavy atom. The SMILES string of the molecule is Cc1nnc(SCC(=O)N2CC[NH+](C)CC2)n1C. The number of carbonyl (C=O) groups is 1. The third-order valence-corrected chi connectivity index (χ3v) is 4.35. The molecule has 2 heterocycles. The van der Waals surface area contributed by atoms with Gasteiger partial charge in [-0.3, -0.25) is 4.79 Å². The molecule has 0 radical (unpaired) electrons. The van der Waals surface area contributed by atoms with Gasteiger partial charge in [0, 0.05) is 7.05 Å². The standard InChI is InChI=1S/C11H19N5OS/c1-9-12-13-11(15(9)3)18-8-10(17)16-6-4-14(2)5-7-16/h4-8H2,1-3H3/p+1. The minimum absolute atomic E-state index is 0.202. The van der Waals surface area contributed by atoms with Crippen molar-refractivity contribution in [3.05, 3.63) is 5.82 Å². The number of aryl methyl sites for hydroxylation is 1. The zero-order valence-corrected chi connectivity index (χ0v) is 12.0. The van der Waals surface area contributed by atoms with Crippen molar-refractivity contribution in [2.75, 3.05) is 39.0 Å². The van der Waals surface area contributed by atoms with Crippen LogP contribution in [0, 0.1) is 6.92 Å². The number of nitrogens with one attached hydrogen (secondary N) is 1. The first-order chi connectivity index (χ1) is 8.58. The highest BCUT2D eigenvalue weighted by atomic mass is 32.2. The number of hydrogen-bond donors (Lipinski definition) is 1. The average molecular weight is 270 g/mol. The molecule has 1 saturated heterocycles. The molecule has 6 nitrogen and oxygen atoms in total. The fourth-order valence-corrected chi connectivity index (χ4v) is 2.73. The van der Waals surface area contributed by atoms with E-state index in [1.807, 2.05) is 23.4 Å². The van der Waals surface area contributed by atoms with Gasteiger partial charge in [0.15, 0.2) is 5.16 Å².